The molecule has 1 aliphatic rings. The van der Waals surface area contributed by atoms with Crippen molar-refractivity contribution < 1.29 is 4.74 Å². The quantitative estimate of drug-likeness (QED) is 0.881. The van der Waals surface area contributed by atoms with Gasteiger partial charge in [0.25, 0.3) is 0 Å². The van der Waals surface area contributed by atoms with E-state index in [0.29, 0.717) is 17.7 Å². The number of nitrogen functional groups attached to an aromatic ring is 1. The summed E-state index contributed by atoms with van der Waals surface area (Å²) in [5.74, 6) is 2.01. The minimum atomic E-state index is 0.316. The average molecular weight is 243 g/mol. The SMILES string of the molecule is Cc1nc(N)c2c(OC3CCCC3)cccc2n1. The summed E-state index contributed by atoms with van der Waals surface area (Å²) in [6.07, 6.45) is 5.07. The molecule has 2 aromatic rings. The van der Waals surface area contributed by atoms with Gasteiger partial charge in [-0.3, -0.25) is 0 Å². The molecule has 4 heteroatoms. The second kappa shape index (κ2) is 4.44. The molecule has 0 amide bonds. The number of ether oxygens (including phenoxy) is 1. The molecule has 0 unspecified atom stereocenters. The van der Waals surface area contributed by atoms with Crippen molar-refractivity contribution in [3.05, 3.63) is 24.0 Å². The maximum atomic E-state index is 6.05. The van der Waals surface area contributed by atoms with Gasteiger partial charge in [0.15, 0.2) is 0 Å². The predicted octanol–water partition coefficient (Wildman–Crippen LogP) is 2.84. The number of anilines is 1. The smallest absolute Gasteiger partial charge is 0.138 e. The van der Waals surface area contributed by atoms with Gasteiger partial charge in [0.05, 0.1) is 17.0 Å². The Morgan fingerprint density at radius 3 is 2.78 bits per heavy atom. The van der Waals surface area contributed by atoms with Crippen molar-refractivity contribution in [3.8, 4) is 5.75 Å². The Kier molecular flexibility index (Phi) is 2.78. The monoisotopic (exact) mass is 243 g/mol. The van der Waals surface area contributed by atoms with Crippen molar-refractivity contribution in [1.82, 2.24) is 9.97 Å². The van der Waals surface area contributed by atoms with E-state index in [4.69, 9.17) is 10.5 Å². The average Bonchev–Trinajstić information content (AvgIpc) is 2.81. The standard InChI is InChI=1S/C14H17N3O/c1-9-16-11-7-4-8-12(13(11)14(15)17-9)18-10-5-2-3-6-10/h4,7-8,10H,2-3,5-6H2,1H3,(H2,15,16,17). The van der Waals surface area contributed by atoms with Gasteiger partial charge in [-0.05, 0) is 44.7 Å². The van der Waals surface area contributed by atoms with Crippen LogP contribution in [0.15, 0.2) is 18.2 Å². The Bertz CT molecular complexity index is 577. The van der Waals surface area contributed by atoms with Gasteiger partial charge in [-0.15, -0.1) is 0 Å². The summed E-state index contributed by atoms with van der Waals surface area (Å²) in [6, 6.07) is 5.86. The first kappa shape index (κ1) is 11.3. The molecule has 1 saturated carbocycles. The van der Waals surface area contributed by atoms with Crippen molar-refractivity contribution in [2.75, 3.05) is 5.73 Å². The van der Waals surface area contributed by atoms with Crippen molar-refractivity contribution in [2.24, 2.45) is 0 Å². The van der Waals surface area contributed by atoms with Gasteiger partial charge in [-0.1, -0.05) is 6.07 Å². The maximum Gasteiger partial charge on any atom is 0.138 e. The van der Waals surface area contributed by atoms with Gasteiger partial charge in [0, 0.05) is 0 Å². The maximum absolute atomic E-state index is 6.05. The summed E-state index contributed by atoms with van der Waals surface area (Å²) in [5.41, 5.74) is 6.86. The molecule has 0 saturated heterocycles. The topological polar surface area (TPSA) is 61.0 Å². The molecule has 0 radical (unpaired) electrons. The summed E-state index contributed by atoms with van der Waals surface area (Å²) in [6.45, 7) is 1.85. The highest BCUT2D eigenvalue weighted by molar-refractivity contribution is 5.93. The lowest BCUT2D eigenvalue weighted by molar-refractivity contribution is 0.213. The number of nitrogens with two attached hydrogens (primary N) is 1. The fraction of sp³-hybridized carbons (Fsp3) is 0.429. The van der Waals surface area contributed by atoms with E-state index >= 15 is 0 Å². The third-order valence-corrected chi connectivity index (χ3v) is 3.42. The molecule has 0 aliphatic heterocycles. The highest BCUT2D eigenvalue weighted by Crippen LogP contribution is 2.32. The molecule has 2 N–H and O–H groups in total. The molecule has 18 heavy (non-hydrogen) atoms. The molecule has 0 bridgehead atoms. The van der Waals surface area contributed by atoms with Crippen LogP contribution in [0.1, 0.15) is 31.5 Å². The highest BCUT2D eigenvalue weighted by atomic mass is 16.5. The zero-order chi connectivity index (χ0) is 12.5. The van der Waals surface area contributed by atoms with Crippen LogP contribution < -0.4 is 10.5 Å². The van der Waals surface area contributed by atoms with Crippen molar-refractivity contribution in [2.45, 2.75) is 38.7 Å². The van der Waals surface area contributed by atoms with Gasteiger partial charge in [0.2, 0.25) is 0 Å². The second-order valence-corrected chi connectivity index (χ2v) is 4.83. The third-order valence-electron chi connectivity index (χ3n) is 3.42. The normalized spacial score (nSPS) is 16.3. The van der Waals surface area contributed by atoms with Crippen LogP contribution in [0.3, 0.4) is 0 Å². The fourth-order valence-corrected chi connectivity index (χ4v) is 2.58. The Balaban J connectivity index is 2.05. The number of aromatic nitrogens is 2. The van der Waals surface area contributed by atoms with E-state index in [1.165, 1.54) is 12.8 Å². The van der Waals surface area contributed by atoms with E-state index in [-0.39, 0.29) is 0 Å². The van der Waals surface area contributed by atoms with Crippen molar-refractivity contribution in [1.29, 1.82) is 0 Å². The van der Waals surface area contributed by atoms with E-state index in [1.54, 1.807) is 0 Å². The van der Waals surface area contributed by atoms with Crippen LogP contribution in [-0.4, -0.2) is 16.1 Å². The Hall–Kier alpha value is -1.84. The fourth-order valence-electron chi connectivity index (χ4n) is 2.58. The van der Waals surface area contributed by atoms with Crippen LogP contribution in [-0.2, 0) is 0 Å². The Labute approximate surface area is 106 Å². The van der Waals surface area contributed by atoms with Crippen LogP contribution in [0.5, 0.6) is 5.75 Å². The molecule has 1 aromatic heterocycles. The third kappa shape index (κ3) is 1.98. The second-order valence-electron chi connectivity index (χ2n) is 4.83. The molecular weight excluding hydrogens is 226 g/mol. The zero-order valence-electron chi connectivity index (χ0n) is 10.5. The number of aryl methyl sites for hydroxylation is 1. The van der Waals surface area contributed by atoms with Crippen LogP contribution >= 0.6 is 0 Å². The van der Waals surface area contributed by atoms with E-state index in [2.05, 4.69) is 9.97 Å². The molecule has 0 atom stereocenters. The molecule has 94 valence electrons. The number of hydrogen-bond donors (Lipinski definition) is 1. The van der Waals surface area contributed by atoms with Gasteiger partial charge >= 0.3 is 0 Å². The first-order valence-electron chi connectivity index (χ1n) is 6.43. The summed E-state index contributed by atoms with van der Waals surface area (Å²) >= 11 is 0. The predicted molar refractivity (Wildman–Crippen MR) is 71.6 cm³/mol. The summed E-state index contributed by atoms with van der Waals surface area (Å²) in [7, 11) is 0. The number of benzene rings is 1. The minimum absolute atomic E-state index is 0.316. The highest BCUT2D eigenvalue weighted by Gasteiger charge is 2.18. The molecule has 1 aliphatic carbocycles. The molecule has 1 fully saturated rings. The van der Waals surface area contributed by atoms with Gasteiger partial charge in [-0.25, -0.2) is 9.97 Å². The molecular formula is C14H17N3O. The van der Waals surface area contributed by atoms with Crippen LogP contribution in [0.4, 0.5) is 5.82 Å². The zero-order valence-corrected chi connectivity index (χ0v) is 10.5. The summed E-state index contributed by atoms with van der Waals surface area (Å²) < 4.78 is 6.05. The number of fused-ring (bicyclic) bond motifs is 1. The molecule has 1 aromatic carbocycles. The molecule has 3 rings (SSSR count). The van der Waals surface area contributed by atoms with Crippen molar-refractivity contribution in [3.63, 3.8) is 0 Å². The minimum Gasteiger partial charge on any atom is -0.490 e. The van der Waals surface area contributed by atoms with Crippen molar-refractivity contribution >= 4 is 16.7 Å². The van der Waals surface area contributed by atoms with E-state index in [9.17, 15) is 0 Å². The van der Waals surface area contributed by atoms with Crippen LogP contribution in [0, 0.1) is 6.92 Å². The molecule has 1 heterocycles. The van der Waals surface area contributed by atoms with Crippen LogP contribution in [0.2, 0.25) is 0 Å². The van der Waals surface area contributed by atoms with E-state index < -0.39 is 0 Å². The van der Waals surface area contributed by atoms with Crippen LogP contribution in [0.25, 0.3) is 10.9 Å². The van der Waals surface area contributed by atoms with E-state index in [0.717, 1.165) is 29.5 Å². The van der Waals surface area contributed by atoms with Gasteiger partial charge < -0.3 is 10.5 Å². The lowest BCUT2D eigenvalue weighted by atomic mass is 10.2. The lowest BCUT2D eigenvalue weighted by Crippen LogP contribution is -2.11. The number of rotatable bonds is 2. The lowest BCUT2D eigenvalue weighted by Gasteiger charge is -2.15. The van der Waals surface area contributed by atoms with Gasteiger partial charge in [0.1, 0.15) is 17.4 Å². The molecule has 0 spiro atoms. The largest absolute Gasteiger partial charge is 0.490 e. The number of nitrogens with zero attached hydrogens (tertiary/aromatic N) is 2. The number of hydrogen-bond acceptors (Lipinski definition) is 4. The summed E-state index contributed by atoms with van der Waals surface area (Å²) in [4.78, 5) is 8.62. The Morgan fingerprint density at radius 1 is 1.22 bits per heavy atom. The first-order valence-corrected chi connectivity index (χ1v) is 6.43. The molecule has 4 nitrogen and oxygen atoms in total. The van der Waals surface area contributed by atoms with E-state index in [1.807, 2.05) is 25.1 Å². The Morgan fingerprint density at radius 2 is 2.00 bits per heavy atom. The summed E-state index contributed by atoms with van der Waals surface area (Å²) in [5, 5.41) is 0.843. The first-order chi connectivity index (χ1) is 8.74. The van der Waals surface area contributed by atoms with Gasteiger partial charge in [-0.2, -0.15) is 0 Å².